The lowest BCUT2D eigenvalue weighted by atomic mass is 9.74. The molecule has 0 heterocycles. The van der Waals surface area contributed by atoms with Crippen molar-refractivity contribution in [1.29, 1.82) is 0 Å². The van der Waals surface area contributed by atoms with Gasteiger partial charge in [0.1, 0.15) is 0 Å². The maximum atomic E-state index is 6.26. The van der Waals surface area contributed by atoms with Gasteiger partial charge in [0.15, 0.2) is 0 Å². The highest BCUT2D eigenvalue weighted by Crippen LogP contribution is 2.32. The van der Waals surface area contributed by atoms with Gasteiger partial charge in [-0.3, -0.25) is 0 Å². The second-order valence-electron chi connectivity index (χ2n) is 5.28. The van der Waals surface area contributed by atoms with Crippen molar-refractivity contribution in [1.82, 2.24) is 0 Å². The Morgan fingerprint density at radius 1 is 1.38 bits per heavy atom. The minimum Gasteiger partial charge on any atom is -0.330 e. The third kappa shape index (κ3) is 2.99. The Kier molecular flexibility index (Phi) is 4.40. The smallest absolute Gasteiger partial charge is 0.0440 e. The van der Waals surface area contributed by atoms with Crippen LogP contribution in [0.5, 0.6) is 0 Å². The largest absolute Gasteiger partial charge is 0.330 e. The molecule has 1 atom stereocenters. The van der Waals surface area contributed by atoms with E-state index in [2.05, 4.69) is 39.8 Å². The fourth-order valence-electron chi connectivity index (χ4n) is 1.74. The van der Waals surface area contributed by atoms with Gasteiger partial charge in [-0.1, -0.05) is 44.5 Å². The van der Waals surface area contributed by atoms with Gasteiger partial charge in [-0.2, -0.15) is 0 Å². The van der Waals surface area contributed by atoms with Gasteiger partial charge in [0.05, 0.1) is 0 Å². The number of aryl methyl sites for hydroxylation is 1. The van der Waals surface area contributed by atoms with Crippen molar-refractivity contribution in [2.45, 2.75) is 34.1 Å². The minimum absolute atomic E-state index is 0.124. The third-order valence-corrected chi connectivity index (χ3v) is 4.01. The highest BCUT2D eigenvalue weighted by atomic mass is 35.5. The average Bonchev–Trinajstić information content (AvgIpc) is 2.22. The zero-order valence-corrected chi connectivity index (χ0v) is 11.4. The number of hydrogen-bond acceptors (Lipinski definition) is 1. The van der Waals surface area contributed by atoms with Crippen molar-refractivity contribution in [2.75, 3.05) is 6.54 Å². The molecule has 16 heavy (non-hydrogen) atoms. The Bertz CT molecular complexity index is 360. The quantitative estimate of drug-likeness (QED) is 0.850. The first-order valence-corrected chi connectivity index (χ1v) is 6.22. The van der Waals surface area contributed by atoms with Crippen LogP contribution in [0.4, 0.5) is 0 Å². The van der Waals surface area contributed by atoms with Crippen molar-refractivity contribution in [3.05, 3.63) is 34.3 Å². The van der Waals surface area contributed by atoms with Crippen LogP contribution in [0, 0.1) is 18.3 Å². The maximum absolute atomic E-state index is 6.26. The zero-order valence-electron chi connectivity index (χ0n) is 10.7. The molecule has 90 valence electrons. The van der Waals surface area contributed by atoms with Gasteiger partial charge in [-0.25, -0.2) is 0 Å². The summed E-state index contributed by atoms with van der Waals surface area (Å²) in [6.45, 7) is 9.41. The molecule has 2 N–H and O–H groups in total. The van der Waals surface area contributed by atoms with Gasteiger partial charge in [0.25, 0.3) is 0 Å². The first-order chi connectivity index (χ1) is 7.39. The van der Waals surface area contributed by atoms with E-state index in [1.165, 1.54) is 11.1 Å². The summed E-state index contributed by atoms with van der Waals surface area (Å²) in [5, 5.41) is 0.861. The predicted molar refractivity (Wildman–Crippen MR) is 71.9 cm³/mol. The first kappa shape index (κ1) is 13.5. The Balaban J connectivity index is 2.95. The van der Waals surface area contributed by atoms with Crippen LogP contribution in [0.2, 0.25) is 5.02 Å². The second kappa shape index (κ2) is 5.20. The highest BCUT2D eigenvalue weighted by Gasteiger charge is 2.27. The Labute approximate surface area is 104 Å². The molecule has 1 rings (SSSR count). The molecule has 0 aliphatic rings. The van der Waals surface area contributed by atoms with Gasteiger partial charge in [-0.15, -0.1) is 0 Å². The molecule has 0 saturated heterocycles. The standard InChI is InChI=1S/C14H22ClN/c1-10(2)14(4,9-16)8-12-6-5-11(3)7-13(12)15/h5-7,10H,8-9,16H2,1-4H3. The van der Waals surface area contributed by atoms with E-state index in [1.54, 1.807) is 0 Å². The van der Waals surface area contributed by atoms with Crippen LogP contribution in [0.3, 0.4) is 0 Å². The lowest BCUT2D eigenvalue weighted by Crippen LogP contribution is -2.34. The summed E-state index contributed by atoms with van der Waals surface area (Å²) in [6, 6.07) is 6.25. The number of halogens is 1. The van der Waals surface area contributed by atoms with E-state index in [4.69, 9.17) is 17.3 Å². The topological polar surface area (TPSA) is 26.0 Å². The highest BCUT2D eigenvalue weighted by molar-refractivity contribution is 6.31. The van der Waals surface area contributed by atoms with Gasteiger partial charge < -0.3 is 5.73 Å². The van der Waals surface area contributed by atoms with Crippen molar-refractivity contribution < 1.29 is 0 Å². The van der Waals surface area contributed by atoms with Gasteiger partial charge in [0, 0.05) is 5.02 Å². The summed E-state index contributed by atoms with van der Waals surface area (Å²) >= 11 is 6.26. The molecule has 0 saturated carbocycles. The molecule has 2 heteroatoms. The summed E-state index contributed by atoms with van der Waals surface area (Å²) in [5.74, 6) is 0.551. The normalized spacial score (nSPS) is 15.2. The molecule has 0 spiro atoms. The van der Waals surface area contributed by atoms with Crippen molar-refractivity contribution in [2.24, 2.45) is 17.1 Å². The van der Waals surface area contributed by atoms with Crippen LogP contribution < -0.4 is 5.73 Å². The summed E-state index contributed by atoms with van der Waals surface area (Å²) < 4.78 is 0. The Morgan fingerprint density at radius 2 is 2.00 bits per heavy atom. The van der Waals surface area contributed by atoms with Crippen molar-refractivity contribution >= 4 is 11.6 Å². The number of benzene rings is 1. The molecular weight excluding hydrogens is 218 g/mol. The molecule has 1 nitrogen and oxygen atoms in total. The van der Waals surface area contributed by atoms with Gasteiger partial charge >= 0.3 is 0 Å². The number of rotatable bonds is 4. The molecule has 0 radical (unpaired) electrons. The van der Waals surface area contributed by atoms with E-state index in [9.17, 15) is 0 Å². The summed E-state index contributed by atoms with van der Waals surface area (Å²) in [4.78, 5) is 0. The Morgan fingerprint density at radius 3 is 2.44 bits per heavy atom. The van der Waals surface area contributed by atoms with Crippen LogP contribution in [0.1, 0.15) is 31.9 Å². The van der Waals surface area contributed by atoms with E-state index in [1.807, 2.05) is 6.07 Å². The summed E-state index contributed by atoms with van der Waals surface area (Å²) in [7, 11) is 0. The predicted octanol–water partition coefficient (Wildman–Crippen LogP) is 3.81. The van der Waals surface area contributed by atoms with Crippen LogP contribution in [-0.2, 0) is 6.42 Å². The fraction of sp³-hybridized carbons (Fsp3) is 0.571. The van der Waals surface area contributed by atoms with E-state index in [-0.39, 0.29) is 5.41 Å². The monoisotopic (exact) mass is 239 g/mol. The van der Waals surface area contributed by atoms with Crippen LogP contribution in [0.25, 0.3) is 0 Å². The maximum Gasteiger partial charge on any atom is 0.0440 e. The van der Waals surface area contributed by atoms with E-state index >= 15 is 0 Å². The lowest BCUT2D eigenvalue weighted by molar-refractivity contribution is 0.227. The number of nitrogens with two attached hydrogens (primary N) is 1. The first-order valence-electron chi connectivity index (χ1n) is 5.84. The molecule has 1 aromatic carbocycles. The van der Waals surface area contributed by atoms with E-state index in [0.717, 1.165) is 11.4 Å². The fourth-order valence-corrected chi connectivity index (χ4v) is 2.04. The van der Waals surface area contributed by atoms with Crippen molar-refractivity contribution in [3.63, 3.8) is 0 Å². The van der Waals surface area contributed by atoms with Crippen molar-refractivity contribution in [3.8, 4) is 0 Å². The minimum atomic E-state index is 0.124. The SMILES string of the molecule is Cc1ccc(CC(C)(CN)C(C)C)c(Cl)c1. The van der Waals surface area contributed by atoms with Crippen LogP contribution in [0.15, 0.2) is 18.2 Å². The molecule has 1 unspecified atom stereocenters. The molecule has 0 aromatic heterocycles. The second-order valence-corrected chi connectivity index (χ2v) is 5.69. The summed E-state index contributed by atoms with van der Waals surface area (Å²) in [6.07, 6.45) is 0.945. The van der Waals surface area contributed by atoms with Gasteiger partial charge in [-0.05, 0) is 48.4 Å². The van der Waals surface area contributed by atoms with Gasteiger partial charge in [0.2, 0.25) is 0 Å². The zero-order chi connectivity index (χ0) is 12.3. The van der Waals surface area contributed by atoms with E-state index < -0.39 is 0 Å². The van der Waals surface area contributed by atoms with Crippen LogP contribution >= 0.6 is 11.6 Å². The molecule has 0 amide bonds. The lowest BCUT2D eigenvalue weighted by Gasteiger charge is -2.33. The molecule has 0 fully saturated rings. The summed E-state index contributed by atoms with van der Waals surface area (Å²) in [5.41, 5.74) is 8.42. The molecule has 0 aliphatic heterocycles. The molecule has 1 aromatic rings. The third-order valence-electron chi connectivity index (χ3n) is 3.66. The molecule has 0 aliphatic carbocycles. The van der Waals surface area contributed by atoms with Crippen LogP contribution in [-0.4, -0.2) is 6.54 Å². The number of hydrogen-bond donors (Lipinski definition) is 1. The Hall–Kier alpha value is -0.530. The molecular formula is C14H22ClN. The molecule has 0 bridgehead atoms. The van der Waals surface area contributed by atoms with E-state index in [0.29, 0.717) is 12.5 Å². The average molecular weight is 240 g/mol.